The number of pyridine rings is 1. The number of hydrogen-bond donors (Lipinski definition) is 2. The number of nitrogens with one attached hydrogen (secondary N) is 1. The Hall–Kier alpha value is -2.37. The molecule has 1 amide bonds. The lowest BCUT2D eigenvalue weighted by atomic mass is 10.0. The summed E-state index contributed by atoms with van der Waals surface area (Å²) in [7, 11) is 0. The summed E-state index contributed by atoms with van der Waals surface area (Å²) in [6, 6.07) is 11.0. The Balaban J connectivity index is 1.67. The number of carbonyl (C=O) groups is 1. The highest BCUT2D eigenvalue weighted by Gasteiger charge is 2.22. The molecule has 0 saturated carbocycles. The Kier molecular flexibility index (Phi) is 5.13. The van der Waals surface area contributed by atoms with Crippen molar-refractivity contribution in [1.29, 1.82) is 0 Å². The molecule has 0 aliphatic carbocycles. The fourth-order valence-electron chi connectivity index (χ4n) is 2.68. The van der Waals surface area contributed by atoms with E-state index in [-0.39, 0.29) is 5.91 Å². The van der Waals surface area contributed by atoms with Crippen LogP contribution in [0.25, 0.3) is 0 Å². The quantitative estimate of drug-likeness (QED) is 0.896. The molecule has 0 unspecified atom stereocenters. The van der Waals surface area contributed by atoms with Gasteiger partial charge in [0.15, 0.2) is 0 Å². The van der Waals surface area contributed by atoms with Gasteiger partial charge in [0.05, 0.1) is 5.57 Å². The molecule has 0 saturated heterocycles. The van der Waals surface area contributed by atoms with Crippen LogP contribution in [0.4, 0.5) is 5.69 Å². The minimum Gasteiger partial charge on any atom is -0.402 e. The zero-order valence-corrected chi connectivity index (χ0v) is 14.0. The number of amides is 1. The summed E-state index contributed by atoms with van der Waals surface area (Å²) < 4.78 is 0. The second-order valence-corrected chi connectivity index (χ2v) is 6.22. The van der Waals surface area contributed by atoms with Crippen molar-refractivity contribution >= 4 is 23.2 Å². The van der Waals surface area contributed by atoms with E-state index >= 15 is 0 Å². The first-order chi connectivity index (χ1) is 11.6. The number of halogens is 1. The largest absolute Gasteiger partial charge is 0.402 e. The van der Waals surface area contributed by atoms with Crippen LogP contribution >= 0.6 is 11.6 Å². The number of rotatable bonds is 4. The lowest BCUT2D eigenvalue weighted by molar-refractivity contribution is -0.113. The fraction of sp³-hybridized carbons (Fsp3) is 0.222. The van der Waals surface area contributed by atoms with Gasteiger partial charge < -0.3 is 11.1 Å². The molecule has 5 nitrogen and oxygen atoms in total. The topological polar surface area (TPSA) is 71.2 Å². The molecule has 3 N–H and O–H groups in total. The molecule has 1 aliphatic rings. The molecule has 0 spiro atoms. The van der Waals surface area contributed by atoms with E-state index in [1.54, 1.807) is 30.5 Å². The number of hydrogen-bond acceptors (Lipinski definition) is 4. The summed E-state index contributed by atoms with van der Waals surface area (Å²) >= 11 is 5.86. The summed E-state index contributed by atoms with van der Waals surface area (Å²) in [5.41, 5.74) is 9.18. The maximum Gasteiger partial charge on any atom is 0.254 e. The molecule has 0 atom stereocenters. The molecule has 0 fully saturated rings. The van der Waals surface area contributed by atoms with Crippen LogP contribution in [0, 0.1) is 0 Å². The van der Waals surface area contributed by atoms with Gasteiger partial charge in [0, 0.05) is 54.9 Å². The highest BCUT2D eigenvalue weighted by atomic mass is 35.5. The van der Waals surface area contributed by atoms with Gasteiger partial charge in [-0.15, -0.1) is 0 Å². The number of nitrogens with zero attached hydrogens (tertiary/aromatic N) is 2. The summed E-state index contributed by atoms with van der Waals surface area (Å²) in [6.07, 6.45) is 4.28. The van der Waals surface area contributed by atoms with Crippen molar-refractivity contribution in [1.82, 2.24) is 9.88 Å². The van der Waals surface area contributed by atoms with E-state index in [0.717, 1.165) is 18.7 Å². The van der Waals surface area contributed by atoms with Crippen molar-refractivity contribution in [2.75, 3.05) is 18.4 Å². The molecular weight excluding hydrogens is 324 g/mol. The van der Waals surface area contributed by atoms with E-state index in [9.17, 15) is 4.79 Å². The van der Waals surface area contributed by atoms with Crippen LogP contribution in [-0.4, -0.2) is 28.9 Å². The number of carbonyl (C=O) groups excluding carboxylic acids is 1. The molecule has 24 heavy (non-hydrogen) atoms. The molecule has 0 radical (unpaired) electrons. The van der Waals surface area contributed by atoms with Gasteiger partial charge in [-0.3, -0.25) is 14.7 Å². The smallest absolute Gasteiger partial charge is 0.254 e. The van der Waals surface area contributed by atoms with Gasteiger partial charge in [-0.1, -0.05) is 17.7 Å². The number of nitrogens with two attached hydrogens (primary N) is 1. The predicted octanol–water partition coefficient (Wildman–Crippen LogP) is 2.79. The average molecular weight is 343 g/mol. The Morgan fingerprint density at radius 3 is 2.79 bits per heavy atom. The highest BCUT2D eigenvalue weighted by molar-refractivity contribution is 6.30. The second-order valence-electron chi connectivity index (χ2n) is 5.79. The minimum atomic E-state index is -0.161. The van der Waals surface area contributed by atoms with E-state index in [1.165, 1.54) is 0 Å². The van der Waals surface area contributed by atoms with Crippen molar-refractivity contribution in [2.24, 2.45) is 5.73 Å². The van der Waals surface area contributed by atoms with E-state index in [2.05, 4.69) is 15.2 Å². The normalized spacial score (nSPS) is 15.4. The molecule has 2 aromatic rings. The summed E-state index contributed by atoms with van der Waals surface area (Å²) in [5, 5.41) is 3.51. The molecule has 3 rings (SSSR count). The molecule has 0 bridgehead atoms. The van der Waals surface area contributed by atoms with E-state index < -0.39 is 0 Å². The molecule has 1 aromatic carbocycles. The molecule has 1 aromatic heterocycles. The molecule has 124 valence electrons. The third kappa shape index (κ3) is 4.13. The lowest BCUT2D eigenvalue weighted by Gasteiger charge is -2.29. The highest BCUT2D eigenvalue weighted by Crippen LogP contribution is 2.19. The molecule has 1 aliphatic heterocycles. The Labute approximate surface area is 146 Å². The number of aromatic nitrogens is 1. The van der Waals surface area contributed by atoms with Crippen LogP contribution < -0.4 is 11.1 Å². The maximum atomic E-state index is 12.5. The number of anilines is 1. The molecule has 2 heterocycles. The Morgan fingerprint density at radius 2 is 2.08 bits per heavy atom. The van der Waals surface area contributed by atoms with Crippen molar-refractivity contribution < 1.29 is 4.79 Å². The monoisotopic (exact) mass is 342 g/mol. The summed E-state index contributed by atoms with van der Waals surface area (Å²) in [4.78, 5) is 18.9. The van der Waals surface area contributed by atoms with Gasteiger partial charge in [0.1, 0.15) is 0 Å². The van der Waals surface area contributed by atoms with Gasteiger partial charge in [0.2, 0.25) is 0 Å². The Bertz CT molecular complexity index is 743. The van der Waals surface area contributed by atoms with Crippen molar-refractivity contribution in [3.63, 3.8) is 0 Å². The average Bonchev–Trinajstić information content (AvgIpc) is 2.59. The lowest BCUT2D eigenvalue weighted by Crippen LogP contribution is -2.37. The van der Waals surface area contributed by atoms with Gasteiger partial charge in [0.25, 0.3) is 5.91 Å². The van der Waals surface area contributed by atoms with Gasteiger partial charge >= 0.3 is 0 Å². The van der Waals surface area contributed by atoms with Gasteiger partial charge in [-0.05, 0) is 35.9 Å². The fourth-order valence-corrected chi connectivity index (χ4v) is 2.80. The standard InChI is InChI=1S/C18H19ClN4O/c19-14-3-5-15(6-4-14)22-18(24)16-12-23(9-7-17(16)20)11-13-2-1-8-21-10-13/h1-6,8,10H,7,9,11-12,20H2,(H,22,24). The van der Waals surface area contributed by atoms with Crippen molar-refractivity contribution in [3.8, 4) is 0 Å². The number of benzene rings is 1. The first-order valence-corrected chi connectivity index (χ1v) is 8.15. The van der Waals surface area contributed by atoms with E-state index in [1.807, 2.05) is 18.3 Å². The molecular formula is C18H19ClN4O. The zero-order chi connectivity index (χ0) is 16.9. The third-order valence-electron chi connectivity index (χ3n) is 3.97. The van der Waals surface area contributed by atoms with Crippen molar-refractivity contribution in [3.05, 3.63) is 70.6 Å². The second kappa shape index (κ2) is 7.47. The first-order valence-electron chi connectivity index (χ1n) is 7.77. The predicted molar refractivity (Wildman–Crippen MR) is 95.4 cm³/mol. The SMILES string of the molecule is NC1=C(C(=O)Nc2ccc(Cl)cc2)CN(Cc2cccnc2)CC1. The van der Waals surface area contributed by atoms with Crippen molar-refractivity contribution in [2.45, 2.75) is 13.0 Å². The van der Waals surface area contributed by atoms with Crippen LogP contribution in [0.1, 0.15) is 12.0 Å². The minimum absolute atomic E-state index is 0.161. The summed E-state index contributed by atoms with van der Waals surface area (Å²) in [6.45, 7) is 2.11. The Morgan fingerprint density at radius 1 is 1.29 bits per heavy atom. The van der Waals surface area contributed by atoms with Crippen LogP contribution in [0.2, 0.25) is 5.02 Å². The molecule has 6 heteroatoms. The van der Waals surface area contributed by atoms with E-state index in [0.29, 0.717) is 34.9 Å². The van der Waals surface area contributed by atoms with Gasteiger partial charge in [-0.25, -0.2) is 0 Å². The first kappa shape index (κ1) is 16.5. The third-order valence-corrected chi connectivity index (χ3v) is 4.22. The maximum absolute atomic E-state index is 12.5. The van der Waals surface area contributed by atoms with Crippen LogP contribution in [0.3, 0.4) is 0 Å². The van der Waals surface area contributed by atoms with Gasteiger partial charge in [-0.2, -0.15) is 0 Å². The summed E-state index contributed by atoms with van der Waals surface area (Å²) in [5.74, 6) is -0.161. The van der Waals surface area contributed by atoms with Crippen LogP contribution in [0.5, 0.6) is 0 Å². The van der Waals surface area contributed by atoms with Crippen LogP contribution in [0.15, 0.2) is 60.1 Å². The zero-order valence-electron chi connectivity index (χ0n) is 13.2. The van der Waals surface area contributed by atoms with E-state index in [4.69, 9.17) is 17.3 Å². The van der Waals surface area contributed by atoms with Crippen LogP contribution in [-0.2, 0) is 11.3 Å².